The highest BCUT2D eigenvalue weighted by atomic mass is 16.5. The van der Waals surface area contributed by atoms with Gasteiger partial charge in [0.25, 0.3) is 0 Å². The van der Waals surface area contributed by atoms with E-state index in [9.17, 15) is 5.11 Å². The predicted molar refractivity (Wildman–Crippen MR) is 93.7 cm³/mol. The minimum Gasteiger partial charge on any atom is -0.386 e. The molecule has 1 heterocycles. The summed E-state index contributed by atoms with van der Waals surface area (Å²) in [6, 6.07) is 7.95. The van der Waals surface area contributed by atoms with Crippen LogP contribution in [0.15, 0.2) is 29.3 Å². The van der Waals surface area contributed by atoms with Crippen molar-refractivity contribution in [2.24, 2.45) is 10.9 Å². The molecule has 0 amide bonds. The zero-order valence-corrected chi connectivity index (χ0v) is 14.5. The number of guanidine groups is 1. The molecular weight excluding hydrogens is 290 g/mol. The molecule has 2 N–H and O–H groups in total. The van der Waals surface area contributed by atoms with E-state index in [-0.39, 0.29) is 0 Å². The van der Waals surface area contributed by atoms with Crippen molar-refractivity contribution in [2.45, 2.75) is 26.4 Å². The van der Waals surface area contributed by atoms with E-state index in [1.54, 1.807) is 0 Å². The van der Waals surface area contributed by atoms with Gasteiger partial charge in [-0.15, -0.1) is 0 Å². The van der Waals surface area contributed by atoms with E-state index < -0.39 is 6.10 Å². The third kappa shape index (κ3) is 5.52. The molecule has 0 radical (unpaired) electrons. The molecular formula is C18H29N3O2. The van der Waals surface area contributed by atoms with Crippen molar-refractivity contribution in [1.82, 2.24) is 10.2 Å². The van der Waals surface area contributed by atoms with E-state index >= 15 is 0 Å². The van der Waals surface area contributed by atoms with Crippen LogP contribution in [0.2, 0.25) is 0 Å². The topological polar surface area (TPSA) is 57.1 Å². The second-order valence-electron chi connectivity index (χ2n) is 6.23. The van der Waals surface area contributed by atoms with Gasteiger partial charge in [0, 0.05) is 32.7 Å². The third-order valence-electron chi connectivity index (χ3n) is 4.13. The minimum absolute atomic E-state index is 0.358. The van der Waals surface area contributed by atoms with Gasteiger partial charge in [-0.1, -0.05) is 29.8 Å². The average molecular weight is 319 g/mol. The minimum atomic E-state index is -0.576. The van der Waals surface area contributed by atoms with Crippen LogP contribution in [0.4, 0.5) is 0 Å². The van der Waals surface area contributed by atoms with E-state index in [1.807, 2.05) is 38.2 Å². The van der Waals surface area contributed by atoms with Crippen LogP contribution in [0, 0.1) is 12.8 Å². The lowest BCUT2D eigenvalue weighted by Gasteiger charge is -2.25. The van der Waals surface area contributed by atoms with Crippen LogP contribution < -0.4 is 5.32 Å². The summed E-state index contributed by atoms with van der Waals surface area (Å²) in [7, 11) is 2.04. The smallest absolute Gasteiger partial charge is 0.193 e. The van der Waals surface area contributed by atoms with Gasteiger partial charge in [-0.3, -0.25) is 4.99 Å². The van der Waals surface area contributed by atoms with Gasteiger partial charge in [0.15, 0.2) is 5.96 Å². The Labute approximate surface area is 139 Å². The van der Waals surface area contributed by atoms with Crippen LogP contribution in [0.25, 0.3) is 0 Å². The summed E-state index contributed by atoms with van der Waals surface area (Å²) >= 11 is 0. The number of hydrogen-bond acceptors (Lipinski definition) is 3. The highest BCUT2D eigenvalue weighted by molar-refractivity contribution is 5.79. The van der Waals surface area contributed by atoms with Crippen molar-refractivity contribution in [2.75, 3.05) is 39.9 Å². The monoisotopic (exact) mass is 319 g/mol. The molecule has 23 heavy (non-hydrogen) atoms. The fourth-order valence-electron chi connectivity index (χ4n) is 2.74. The highest BCUT2D eigenvalue weighted by Crippen LogP contribution is 2.15. The first kappa shape index (κ1) is 17.8. The number of aliphatic hydroxyl groups excluding tert-OH is 1. The van der Waals surface area contributed by atoms with Crippen LogP contribution in [0.5, 0.6) is 0 Å². The summed E-state index contributed by atoms with van der Waals surface area (Å²) in [6.07, 6.45) is 0.530. The first-order valence-corrected chi connectivity index (χ1v) is 8.42. The molecule has 0 aliphatic carbocycles. The number of aliphatic hydroxyl groups is 1. The Balaban J connectivity index is 1.95. The molecule has 5 nitrogen and oxygen atoms in total. The highest BCUT2D eigenvalue weighted by Gasteiger charge is 2.19. The summed E-state index contributed by atoms with van der Waals surface area (Å²) in [5.41, 5.74) is 2.10. The second kappa shape index (κ2) is 8.89. The molecule has 5 heteroatoms. The molecule has 1 aromatic rings. The van der Waals surface area contributed by atoms with Gasteiger partial charge in [0.1, 0.15) is 0 Å². The van der Waals surface area contributed by atoms with Gasteiger partial charge in [0.05, 0.1) is 19.3 Å². The van der Waals surface area contributed by atoms with Crippen molar-refractivity contribution in [3.63, 3.8) is 0 Å². The molecule has 0 aromatic heterocycles. The number of nitrogens with zero attached hydrogens (tertiary/aromatic N) is 2. The first-order valence-electron chi connectivity index (χ1n) is 8.42. The molecule has 1 fully saturated rings. The molecule has 1 aromatic carbocycles. The van der Waals surface area contributed by atoms with Gasteiger partial charge < -0.3 is 20.1 Å². The normalized spacial score (nSPS) is 19.7. The quantitative estimate of drug-likeness (QED) is 0.622. The summed E-state index contributed by atoms with van der Waals surface area (Å²) in [4.78, 5) is 6.72. The fourth-order valence-corrected chi connectivity index (χ4v) is 2.74. The number of rotatable bonds is 6. The molecule has 128 valence electrons. The van der Waals surface area contributed by atoms with E-state index in [4.69, 9.17) is 4.74 Å². The maximum atomic E-state index is 10.3. The van der Waals surface area contributed by atoms with Gasteiger partial charge in [-0.25, -0.2) is 0 Å². The maximum absolute atomic E-state index is 10.3. The summed E-state index contributed by atoms with van der Waals surface area (Å²) in [5, 5.41) is 13.6. The second-order valence-corrected chi connectivity index (χ2v) is 6.23. The molecule has 0 bridgehead atoms. The van der Waals surface area contributed by atoms with Gasteiger partial charge >= 0.3 is 0 Å². The number of ether oxygens (including phenoxy) is 1. The van der Waals surface area contributed by atoms with Crippen LogP contribution in [0.3, 0.4) is 0 Å². The predicted octanol–water partition coefficient (Wildman–Crippen LogP) is 1.96. The average Bonchev–Trinajstić information content (AvgIpc) is 3.04. The van der Waals surface area contributed by atoms with Crippen LogP contribution in [-0.2, 0) is 4.74 Å². The number of hydrogen-bond donors (Lipinski definition) is 2. The number of aliphatic imine (C=N–C) groups is 1. The van der Waals surface area contributed by atoms with Gasteiger partial charge in [0.2, 0.25) is 0 Å². The van der Waals surface area contributed by atoms with Gasteiger partial charge in [-0.05, 0) is 25.8 Å². The zero-order chi connectivity index (χ0) is 16.7. The summed E-state index contributed by atoms with van der Waals surface area (Å²) < 4.78 is 5.44. The number of aryl methyl sites for hydroxylation is 1. The standard InChI is InChI=1S/C18H29N3O2/c1-4-19-18(21(3)12-15-9-10-23-13-15)20-11-17(22)16-7-5-14(2)6-8-16/h5-8,15,17,22H,4,9-13H2,1-3H3,(H,19,20). The Kier molecular flexibility index (Phi) is 6.86. The van der Waals surface area contributed by atoms with E-state index in [2.05, 4.69) is 22.1 Å². The van der Waals surface area contributed by atoms with E-state index in [0.29, 0.717) is 12.5 Å². The Hall–Kier alpha value is -1.59. The Morgan fingerprint density at radius 3 is 2.78 bits per heavy atom. The molecule has 1 aliphatic rings. The van der Waals surface area contributed by atoms with Crippen molar-refractivity contribution >= 4 is 5.96 Å². The van der Waals surface area contributed by atoms with E-state index in [1.165, 1.54) is 5.56 Å². The fraction of sp³-hybridized carbons (Fsp3) is 0.611. The lowest BCUT2D eigenvalue weighted by molar-refractivity contribution is 0.180. The molecule has 2 rings (SSSR count). The molecule has 2 unspecified atom stereocenters. The third-order valence-corrected chi connectivity index (χ3v) is 4.13. The lowest BCUT2D eigenvalue weighted by atomic mass is 10.1. The lowest BCUT2D eigenvalue weighted by Crippen LogP contribution is -2.41. The molecule has 1 saturated heterocycles. The Bertz CT molecular complexity index is 495. The molecule has 2 atom stereocenters. The summed E-state index contributed by atoms with van der Waals surface area (Å²) in [6.45, 7) is 7.88. The Morgan fingerprint density at radius 1 is 1.43 bits per heavy atom. The van der Waals surface area contributed by atoms with Crippen LogP contribution in [-0.4, -0.2) is 55.9 Å². The van der Waals surface area contributed by atoms with E-state index in [0.717, 1.165) is 44.2 Å². The zero-order valence-electron chi connectivity index (χ0n) is 14.5. The van der Waals surface area contributed by atoms with Crippen LogP contribution >= 0.6 is 0 Å². The van der Waals surface area contributed by atoms with Crippen LogP contribution in [0.1, 0.15) is 30.6 Å². The van der Waals surface area contributed by atoms with Crippen molar-refractivity contribution in [3.05, 3.63) is 35.4 Å². The SMILES string of the molecule is CCNC(=NCC(O)c1ccc(C)cc1)N(C)CC1CCOC1. The molecule has 1 aliphatic heterocycles. The van der Waals surface area contributed by atoms with Gasteiger partial charge in [-0.2, -0.15) is 0 Å². The number of nitrogens with one attached hydrogen (secondary N) is 1. The van der Waals surface area contributed by atoms with Crippen molar-refractivity contribution < 1.29 is 9.84 Å². The molecule has 0 saturated carbocycles. The first-order chi connectivity index (χ1) is 11.1. The van der Waals surface area contributed by atoms with Crippen molar-refractivity contribution in [1.29, 1.82) is 0 Å². The van der Waals surface area contributed by atoms with Crippen molar-refractivity contribution in [3.8, 4) is 0 Å². The largest absolute Gasteiger partial charge is 0.386 e. The summed E-state index contributed by atoms with van der Waals surface area (Å²) in [5.74, 6) is 1.40. The Morgan fingerprint density at radius 2 is 2.17 bits per heavy atom. The number of benzene rings is 1. The maximum Gasteiger partial charge on any atom is 0.193 e. The molecule has 0 spiro atoms.